The van der Waals surface area contributed by atoms with Gasteiger partial charge in [-0.05, 0) is 60.9 Å². The zero-order valence-corrected chi connectivity index (χ0v) is 22.8. The molecule has 0 aromatic heterocycles. The monoisotopic (exact) mass is 531 g/mol. The molecule has 2 saturated heterocycles. The molecule has 1 N–H and O–H groups in total. The summed E-state index contributed by atoms with van der Waals surface area (Å²) < 4.78 is 47.6. The van der Waals surface area contributed by atoms with Gasteiger partial charge in [0, 0.05) is 32.2 Å². The molecule has 2 fully saturated rings. The second-order valence-electron chi connectivity index (χ2n) is 11.0. The molecule has 0 spiro atoms. The van der Waals surface area contributed by atoms with Crippen LogP contribution in [0.3, 0.4) is 0 Å². The second kappa shape index (κ2) is 11.5. The average molecular weight is 532 g/mol. The Kier molecular flexibility index (Phi) is 8.56. The van der Waals surface area contributed by atoms with Crippen molar-refractivity contribution < 1.29 is 22.3 Å². The standard InChI is InChI=1S/C28H38FN3O4S/c1-28(2,3)21-8-10-24(11-9-21)37(34,35)30-20-27(33)32-16-12-22(13-17-32)31-18-14-23(15-19-31)36-26-7-5-4-6-25(26)29/h4-11,22-23,30H,12-20H2,1-3H3. The van der Waals surface area contributed by atoms with Gasteiger partial charge < -0.3 is 9.64 Å². The molecule has 7 nitrogen and oxygen atoms in total. The van der Waals surface area contributed by atoms with Crippen LogP contribution in [0.5, 0.6) is 5.75 Å². The molecular formula is C28H38FN3O4S. The largest absolute Gasteiger partial charge is 0.487 e. The van der Waals surface area contributed by atoms with Crippen LogP contribution < -0.4 is 9.46 Å². The van der Waals surface area contributed by atoms with Crippen molar-refractivity contribution in [2.24, 2.45) is 0 Å². The Labute approximate surface area is 220 Å². The van der Waals surface area contributed by atoms with E-state index in [2.05, 4.69) is 30.4 Å². The first-order valence-electron chi connectivity index (χ1n) is 13.1. The van der Waals surface area contributed by atoms with E-state index in [1.54, 1.807) is 35.2 Å². The summed E-state index contributed by atoms with van der Waals surface area (Å²) in [5.74, 6) is -0.224. The molecule has 0 radical (unpaired) electrons. The van der Waals surface area contributed by atoms with E-state index < -0.39 is 10.0 Å². The normalized spacial score (nSPS) is 18.6. The lowest BCUT2D eigenvalue weighted by Crippen LogP contribution is -2.51. The Morgan fingerprint density at radius 2 is 1.59 bits per heavy atom. The average Bonchev–Trinajstić information content (AvgIpc) is 2.89. The van der Waals surface area contributed by atoms with Crippen molar-refractivity contribution in [1.29, 1.82) is 0 Å². The van der Waals surface area contributed by atoms with Crippen molar-refractivity contribution in [3.05, 3.63) is 59.9 Å². The van der Waals surface area contributed by atoms with Gasteiger partial charge in [-0.1, -0.05) is 45.0 Å². The maximum absolute atomic E-state index is 13.9. The lowest BCUT2D eigenvalue weighted by Gasteiger charge is -2.41. The first kappa shape index (κ1) is 27.5. The Bertz CT molecular complexity index is 1160. The number of halogens is 1. The van der Waals surface area contributed by atoms with Crippen LogP contribution in [0, 0.1) is 5.82 Å². The summed E-state index contributed by atoms with van der Waals surface area (Å²) in [5.41, 5.74) is 0.982. The van der Waals surface area contributed by atoms with E-state index in [1.165, 1.54) is 6.07 Å². The maximum Gasteiger partial charge on any atom is 0.241 e. The van der Waals surface area contributed by atoms with E-state index in [9.17, 15) is 17.6 Å². The number of nitrogens with zero attached hydrogens (tertiary/aromatic N) is 2. The molecule has 0 atom stereocenters. The van der Waals surface area contributed by atoms with Gasteiger partial charge in [0.05, 0.1) is 11.4 Å². The number of carbonyl (C=O) groups is 1. The molecule has 202 valence electrons. The van der Waals surface area contributed by atoms with Crippen LogP contribution in [-0.2, 0) is 20.2 Å². The minimum atomic E-state index is -3.76. The zero-order chi connectivity index (χ0) is 26.6. The first-order chi connectivity index (χ1) is 17.5. The van der Waals surface area contributed by atoms with Crippen LogP contribution in [0.25, 0.3) is 0 Å². The van der Waals surface area contributed by atoms with Crippen molar-refractivity contribution >= 4 is 15.9 Å². The quantitative estimate of drug-likeness (QED) is 0.586. The van der Waals surface area contributed by atoms with E-state index in [0.717, 1.165) is 44.3 Å². The van der Waals surface area contributed by atoms with Crippen LogP contribution in [0.1, 0.15) is 52.0 Å². The summed E-state index contributed by atoms with van der Waals surface area (Å²) >= 11 is 0. The Morgan fingerprint density at radius 1 is 0.973 bits per heavy atom. The number of hydrogen-bond acceptors (Lipinski definition) is 5. The number of carbonyl (C=O) groups excluding carboxylic acids is 1. The van der Waals surface area contributed by atoms with Crippen molar-refractivity contribution in [2.75, 3.05) is 32.7 Å². The smallest absolute Gasteiger partial charge is 0.241 e. The summed E-state index contributed by atoms with van der Waals surface area (Å²) in [4.78, 5) is 17.1. The number of ether oxygens (including phenoxy) is 1. The Hall–Kier alpha value is -2.49. The van der Waals surface area contributed by atoms with Gasteiger partial charge in [0.25, 0.3) is 0 Å². The van der Waals surface area contributed by atoms with Crippen LogP contribution in [-0.4, -0.2) is 69.0 Å². The topological polar surface area (TPSA) is 79.0 Å². The van der Waals surface area contributed by atoms with Gasteiger partial charge in [0.1, 0.15) is 6.10 Å². The first-order valence-corrected chi connectivity index (χ1v) is 14.5. The molecule has 0 unspecified atom stereocenters. The fraction of sp³-hybridized carbons (Fsp3) is 0.536. The molecule has 2 aromatic carbocycles. The number of para-hydroxylation sites is 1. The predicted molar refractivity (Wildman–Crippen MR) is 142 cm³/mol. The van der Waals surface area contributed by atoms with Gasteiger partial charge in [-0.2, -0.15) is 0 Å². The number of piperidine rings is 2. The number of amides is 1. The predicted octanol–water partition coefficient (Wildman–Crippen LogP) is 3.94. The van der Waals surface area contributed by atoms with Crippen molar-refractivity contribution in [3.8, 4) is 5.75 Å². The molecule has 9 heteroatoms. The van der Waals surface area contributed by atoms with Crippen LogP contribution in [0.2, 0.25) is 0 Å². The van der Waals surface area contributed by atoms with Crippen molar-refractivity contribution in [3.63, 3.8) is 0 Å². The number of rotatable bonds is 7. The number of nitrogens with one attached hydrogen (secondary N) is 1. The van der Waals surface area contributed by atoms with Crippen LogP contribution in [0.15, 0.2) is 53.4 Å². The van der Waals surface area contributed by atoms with E-state index in [0.29, 0.717) is 24.9 Å². The lowest BCUT2D eigenvalue weighted by atomic mass is 9.87. The van der Waals surface area contributed by atoms with E-state index in [1.807, 2.05) is 12.1 Å². The van der Waals surface area contributed by atoms with E-state index in [-0.39, 0.29) is 34.7 Å². The van der Waals surface area contributed by atoms with Crippen molar-refractivity contribution in [2.45, 2.75) is 68.9 Å². The summed E-state index contributed by atoms with van der Waals surface area (Å²) in [7, 11) is -3.76. The lowest BCUT2D eigenvalue weighted by molar-refractivity contribution is -0.131. The molecule has 0 saturated carbocycles. The Morgan fingerprint density at radius 3 is 2.19 bits per heavy atom. The minimum absolute atomic E-state index is 0.00695. The molecule has 0 bridgehead atoms. The highest BCUT2D eigenvalue weighted by Crippen LogP contribution is 2.26. The molecule has 2 aromatic rings. The number of sulfonamides is 1. The molecule has 4 rings (SSSR count). The van der Waals surface area contributed by atoms with Gasteiger partial charge >= 0.3 is 0 Å². The molecule has 2 aliphatic rings. The SMILES string of the molecule is CC(C)(C)c1ccc(S(=O)(=O)NCC(=O)N2CCC(N3CCC(Oc4ccccc4F)CC3)CC2)cc1. The number of benzene rings is 2. The summed E-state index contributed by atoms with van der Waals surface area (Å²) in [5, 5.41) is 0. The van der Waals surface area contributed by atoms with Gasteiger partial charge in [0.2, 0.25) is 15.9 Å². The van der Waals surface area contributed by atoms with E-state index in [4.69, 9.17) is 4.74 Å². The van der Waals surface area contributed by atoms with Crippen molar-refractivity contribution in [1.82, 2.24) is 14.5 Å². The third kappa shape index (κ3) is 7.09. The summed E-state index contributed by atoms with van der Waals surface area (Å²) in [6.45, 7) is 8.95. The third-order valence-corrected chi connectivity index (χ3v) is 8.80. The number of likely N-dealkylation sites (tertiary alicyclic amines) is 2. The highest BCUT2D eigenvalue weighted by Gasteiger charge is 2.31. The third-order valence-electron chi connectivity index (χ3n) is 7.38. The Balaban J connectivity index is 1.20. The molecule has 37 heavy (non-hydrogen) atoms. The fourth-order valence-electron chi connectivity index (χ4n) is 5.05. The maximum atomic E-state index is 13.9. The van der Waals surface area contributed by atoms with E-state index >= 15 is 0 Å². The molecule has 0 aliphatic carbocycles. The molecule has 1 amide bonds. The van der Waals surface area contributed by atoms with Gasteiger partial charge in [0.15, 0.2) is 11.6 Å². The molecule has 2 aliphatic heterocycles. The summed E-state index contributed by atoms with van der Waals surface area (Å²) in [6, 6.07) is 13.7. The molecule has 2 heterocycles. The van der Waals surface area contributed by atoms with Gasteiger partial charge in [-0.25, -0.2) is 17.5 Å². The second-order valence-corrected chi connectivity index (χ2v) is 12.8. The zero-order valence-electron chi connectivity index (χ0n) is 22.0. The molecular weight excluding hydrogens is 493 g/mol. The number of hydrogen-bond donors (Lipinski definition) is 1. The highest BCUT2D eigenvalue weighted by molar-refractivity contribution is 7.89. The fourth-order valence-corrected chi connectivity index (χ4v) is 6.02. The van der Waals surface area contributed by atoms with Crippen LogP contribution in [0.4, 0.5) is 4.39 Å². The van der Waals surface area contributed by atoms with Crippen LogP contribution >= 0.6 is 0 Å². The van der Waals surface area contributed by atoms with Gasteiger partial charge in [-0.15, -0.1) is 0 Å². The summed E-state index contributed by atoms with van der Waals surface area (Å²) in [6.07, 6.45) is 3.39. The minimum Gasteiger partial charge on any atom is -0.487 e. The highest BCUT2D eigenvalue weighted by atomic mass is 32.2. The van der Waals surface area contributed by atoms with Gasteiger partial charge in [-0.3, -0.25) is 9.69 Å².